The second-order valence-corrected chi connectivity index (χ2v) is 7.97. The van der Waals surface area contributed by atoms with Crippen molar-refractivity contribution in [3.63, 3.8) is 0 Å². The molecule has 0 saturated heterocycles. The van der Waals surface area contributed by atoms with Crippen LogP contribution in [0.3, 0.4) is 0 Å². The van der Waals surface area contributed by atoms with Gasteiger partial charge in [0.2, 0.25) is 5.89 Å². The molecule has 0 bridgehead atoms. The van der Waals surface area contributed by atoms with E-state index in [-0.39, 0.29) is 28.6 Å². The Hall–Kier alpha value is -4.30. The van der Waals surface area contributed by atoms with Crippen LogP contribution in [-0.2, 0) is 0 Å². The maximum atomic E-state index is 13.0. The van der Waals surface area contributed by atoms with Gasteiger partial charge in [0.1, 0.15) is 0 Å². The van der Waals surface area contributed by atoms with Gasteiger partial charge in [-0.2, -0.15) is 0 Å². The van der Waals surface area contributed by atoms with Crippen LogP contribution in [0, 0.1) is 10.1 Å². The second kappa shape index (κ2) is 10.1. The SMILES string of the molecule is CN(C)CCNC(=O)c1nc(-c2ccc(-c3ccccc3)cc2)oc1-c1ccccc1[N+](=O)[O-]. The molecular formula is C26H24N4O4. The first-order valence-corrected chi connectivity index (χ1v) is 10.8. The fraction of sp³-hybridized carbons (Fsp3) is 0.154. The highest BCUT2D eigenvalue weighted by Gasteiger charge is 2.27. The van der Waals surface area contributed by atoms with Gasteiger partial charge >= 0.3 is 0 Å². The fourth-order valence-electron chi connectivity index (χ4n) is 3.52. The van der Waals surface area contributed by atoms with Crippen molar-refractivity contribution in [3.05, 3.63) is 94.7 Å². The summed E-state index contributed by atoms with van der Waals surface area (Å²) in [6.07, 6.45) is 0. The molecule has 8 heteroatoms. The van der Waals surface area contributed by atoms with Crippen molar-refractivity contribution in [1.82, 2.24) is 15.2 Å². The van der Waals surface area contributed by atoms with Crippen LogP contribution in [0.5, 0.6) is 0 Å². The quantitative estimate of drug-likeness (QED) is 0.300. The number of oxazole rings is 1. The Morgan fingerprint density at radius 1 is 0.941 bits per heavy atom. The van der Waals surface area contributed by atoms with Crippen LogP contribution in [0.2, 0.25) is 0 Å². The monoisotopic (exact) mass is 456 g/mol. The second-order valence-electron chi connectivity index (χ2n) is 7.97. The van der Waals surface area contributed by atoms with Gasteiger partial charge in [-0.1, -0.05) is 54.6 Å². The Morgan fingerprint density at radius 3 is 2.24 bits per heavy atom. The summed E-state index contributed by atoms with van der Waals surface area (Å²) in [6.45, 7) is 1.04. The highest BCUT2D eigenvalue weighted by molar-refractivity contribution is 5.99. The molecule has 3 aromatic carbocycles. The zero-order valence-electron chi connectivity index (χ0n) is 18.9. The molecule has 1 amide bonds. The summed E-state index contributed by atoms with van der Waals surface area (Å²) in [6, 6.07) is 23.7. The van der Waals surface area contributed by atoms with Gasteiger partial charge in [-0.3, -0.25) is 14.9 Å². The highest BCUT2D eigenvalue weighted by atomic mass is 16.6. The molecule has 0 fully saturated rings. The van der Waals surface area contributed by atoms with E-state index in [9.17, 15) is 14.9 Å². The summed E-state index contributed by atoms with van der Waals surface area (Å²) in [4.78, 5) is 30.5. The molecule has 0 saturated carbocycles. The van der Waals surface area contributed by atoms with E-state index in [1.165, 1.54) is 6.07 Å². The number of carbonyl (C=O) groups excluding carboxylic acids is 1. The van der Waals surface area contributed by atoms with E-state index in [0.29, 0.717) is 18.7 Å². The number of benzene rings is 3. The van der Waals surface area contributed by atoms with Crippen LogP contribution < -0.4 is 5.32 Å². The third-order valence-corrected chi connectivity index (χ3v) is 5.27. The lowest BCUT2D eigenvalue weighted by Gasteiger charge is -2.09. The van der Waals surface area contributed by atoms with E-state index in [1.807, 2.05) is 73.6 Å². The molecule has 0 unspecified atom stereocenters. The van der Waals surface area contributed by atoms with Crippen LogP contribution >= 0.6 is 0 Å². The molecule has 34 heavy (non-hydrogen) atoms. The highest BCUT2D eigenvalue weighted by Crippen LogP contribution is 2.35. The first-order valence-electron chi connectivity index (χ1n) is 10.8. The van der Waals surface area contributed by atoms with Crippen molar-refractivity contribution in [1.29, 1.82) is 0 Å². The van der Waals surface area contributed by atoms with E-state index < -0.39 is 10.8 Å². The first-order chi connectivity index (χ1) is 16.4. The number of nitro groups is 1. The summed E-state index contributed by atoms with van der Waals surface area (Å²) >= 11 is 0. The normalized spacial score (nSPS) is 10.9. The van der Waals surface area contributed by atoms with Crippen molar-refractivity contribution in [2.24, 2.45) is 0 Å². The zero-order chi connectivity index (χ0) is 24.1. The third-order valence-electron chi connectivity index (χ3n) is 5.27. The van der Waals surface area contributed by atoms with Crippen LogP contribution in [0.1, 0.15) is 10.5 Å². The Balaban J connectivity index is 1.73. The number of carbonyl (C=O) groups is 1. The first kappa shape index (κ1) is 22.9. The van der Waals surface area contributed by atoms with Crippen LogP contribution in [-0.4, -0.2) is 47.9 Å². The molecule has 0 atom stereocenters. The molecule has 0 aliphatic carbocycles. The van der Waals surface area contributed by atoms with Gasteiger partial charge in [0.15, 0.2) is 11.5 Å². The van der Waals surface area contributed by atoms with Gasteiger partial charge < -0.3 is 14.6 Å². The van der Waals surface area contributed by atoms with Gasteiger partial charge in [0, 0.05) is 24.7 Å². The summed E-state index contributed by atoms with van der Waals surface area (Å²) in [5.41, 5.74) is 2.80. The molecule has 1 aromatic heterocycles. The number of nitrogens with zero attached hydrogens (tertiary/aromatic N) is 3. The average Bonchev–Trinajstić information content (AvgIpc) is 3.30. The molecule has 0 aliphatic heterocycles. The molecule has 4 aromatic rings. The minimum atomic E-state index is -0.500. The number of amides is 1. The van der Waals surface area contributed by atoms with Crippen molar-refractivity contribution in [2.75, 3.05) is 27.2 Å². The standard InChI is InChI=1S/C26H24N4O4/c1-29(2)17-16-27-25(31)23-24(21-10-6-7-11-22(21)30(32)33)34-26(28-23)20-14-12-19(13-15-20)18-8-4-3-5-9-18/h3-15H,16-17H2,1-2H3,(H,27,31). The van der Waals surface area contributed by atoms with Gasteiger partial charge in [-0.15, -0.1) is 0 Å². The van der Waals surface area contributed by atoms with Crippen LogP contribution in [0.25, 0.3) is 33.9 Å². The smallest absolute Gasteiger partial charge is 0.280 e. The van der Waals surface area contributed by atoms with Crippen molar-refractivity contribution in [2.45, 2.75) is 0 Å². The van der Waals surface area contributed by atoms with Crippen LogP contribution in [0.4, 0.5) is 5.69 Å². The van der Waals surface area contributed by atoms with Crippen molar-refractivity contribution in [3.8, 4) is 33.9 Å². The minimum absolute atomic E-state index is 0.00944. The Kier molecular flexibility index (Phi) is 6.79. The average molecular weight is 457 g/mol. The van der Waals surface area contributed by atoms with E-state index in [1.54, 1.807) is 18.2 Å². The lowest BCUT2D eigenvalue weighted by molar-refractivity contribution is -0.384. The molecule has 1 heterocycles. The molecular weight excluding hydrogens is 432 g/mol. The fourth-order valence-corrected chi connectivity index (χ4v) is 3.52. The molecule has 8 nitrogen and oxygen atoms in total. The zero-order valence-corrected chi connectivity index (χ0v) is 18.9. The van der Waals surface area contributed by atoms with E-state index >= 15 is 0 Å². The van der Waals surface area contributed by atoms with Gasteiger partial charge in [0.25, 0.3) is 11.6 Å². The maximum absolute atomic E-state index is 13.0. The predicted octanol–water partition coefficient (Wildman–Crippen LogP) is 4.88. The van der Waals surface area contributed by atoms with E-state index in [2.05, 4.69) is 10.3 Å². The molecule has 1 N–H and O–H groups in total. The number of nitrogens with one attached hydrogen (secondary N) is 1. The number of aromatic nitrogens is 1. The molecule has 0 spiro atoms. The Morgan fingerprint density at radius 2 is 1.56 bits per heavy atom. The molecule has 172 valence electrons. The number of para-hydroxylation sites is 1. The van der Waals surface area contributed by atoms with Gasteiger partial charge in [-0.05, 0) is 43.4 Å². The number of nitro benzene ring substituents is 1. The third kappa shape index (κ3) is 5.02. The summed E-state index contributed by atoms with van der Waals surface area (Å²) in [7, 11) is 3.80. The topological polar surface area (TPSA) is 102 Å². The number of hydrogen-bond acceptors (Lipinski definition) is 6. The number of hydrogen-bond donors (Lipinski definition) is 1. The lowest BCUT2D eigenvalue weighted by atomic mass is 10.0. The Bertz CT molecular complexity index is 1300. The number of likely N-dealkylation sites (N-methyl/N-ethyl adjacent to an activating group) is 1. The van der Waals surface area contributed by atoms with Gasteiger partial charge in [0.05, 0.1) is 10.5 Å². The Labute approximate surface area is 197 Å². The van der Waals surface area contributed by atoms with Crippen LogP contribution in [0.15, 0.2) is 83.3 Å². The lowest BCUT2D eigenvalue weighted by Crippen LogP contribution is -2.31. The molecule has 0 aliphatic rings. The van der Waals surface area contributed by atoms with Crippen molar-refractivity contribution < 1.29 is 14.1 Å². The summed E-state index contributed by atoms with van der Waals surface area (Å²) < 4.78 is 5.99. The largest absolute Gasteiger partial charge is 0.435 e. The maximum Gasteiger partial charge on any atom is 0.280 e. The van der Waals surface area contributed by atoms with E-state index in [0.717, 1.165) is 11.1 Å². The predicted molar refractivity (Wildman–Crippen MR) is 130 cm³/mol. The molecule has 4 rings (SSSR count). The summed E-state index contributed by atoms with van der Waals surface area (Å²) in [5, 5.41) is 14.4. The minimum Gasteiger partial charge on any atom is -0.435 e. The van der Waals surface area contributed by atoms with Gasteiger partial charge in [-0.25, -0.2) is 4.98 Å². The van der Waals surface area contributed by atoms with Crippen molar-refractivity contribution >= 4 is 11.6 Å². The molecule has 0 radical (unpaired) electrons. The van der Waals surface area contributed by atoms with E-state index in [4.69, 9.17) is 4.42 Å². The summed E-state index contributed by atoms with van der Waals surface area (Å²) in [5.74, 6) is -0.173. The number of rotatable bonds is 8.